The molecular formula is C16H20O7. The number of ketones is 1. The first-order valence-electron chi connectivity index (χ1n) is 7.39. The molecule has 126 valence electrons. The lowest BCUT2D eigenvalue weighted by Crippen LogP contribution is -2.38. The third-order valence-electron chi connectivity index (χ3n) is 3.85. The third-order valence-corrected chi connectivity index (χ3v) is 3.85. The number of phenolic OH excluding ortho intramolecular Hbond substituents is 1. The number of phenols is 1. The summed E-state index contributed by atoms with van der Waals surface area (Å²) in [6.45, 7) is 0. The molecule has 0 bridgehead atoms. The molecule has 0 spiro atoms. The summed E-state index contributed by atoms with van der Waals surface area (Å²) in [5.41, 5.74) is -0.0270. The summed E-state index contributed by atoms with van der Waals surface area (Å²) in [5.74, 6) is -1.19. The normalized spacial score (nSPS) is 25.3. The molecule has 3 unspecified atom stereocenters. The molecular weight excluding hydrogens is 304 g/mol. The van der Waals surface area contributed by atoms with Crippen molar-refractivity contribution in [2.24, 2.45) is 0 Å². The summed E-state index contributed by atoms with van der Waals surface area (Å²) in [4.78, 5) is 23.9. The zero-order valence-electron chi connectivity index (χ0n) is 12.8. The number of carbonyl (C=O) groups is 2. The lowest BCUT2D eigenvalue weighted by molar-refractivity contribution is -0.136. The first kappa shape index (κ1) is 17.2. The minimum absolute atomic E-state index is 0.0270. The number of aliphatic hydroxyl groups is 2. The Labute approximate surface area is 133 Å². The average molecular weight is 324 g/mol. The van der Waals surface area contributed by atoms with E-state index < -0.39 is 30.1 Å². The van der Waals surface area contributed by atoms with E-state index in [-0.39, 0.29) is 24.2 Å². The van der Waals surface area contributed by atoms with Crippen molar-refractivity contribution in [2.75, 3.05) is 7.11 Å². The lowest BCUT2D eigenvalue weighted by Gasteiger charge is -2.25. The largest absolute Gasteiger partial charge is 0.507 e. The third kappa shape index (κ3) is 4.20. The molecule has 23 heavy (non-hydrogen) atoms. The molecule has 1 aromatic carbocycles. The van der Waals surface area contributed by atoms with Crippen molar-refractivity contribution in [3.63, 3.8) is 0 Å². The molecule has 0 saturated heterocycles. The van der Waals surface area contributed by atoms with Gasteiger partial charge in [0.25, 0.3) is 0 Å². The van der Waals surface area contributed by atoms with E-state index in [2.05, 4.69) is 0 Å². The average Bonchev–Trinajstić information content (AvgIpc) is 2.52. The second-order valence-electron chi connectivity index (χ2n) is 5.52. The summed E-state index contributed by atoms with van der Waals surface area (Å²) in [6, 6.07) is 4.18. The number of aliphatic hydroxyl groups excluding tert-OH is 2. The second kappa shape index (κ2) is 7.43. The van der Waals surface area contributed by atoms with Crippen LogP contribution in [-0.2, 0) is 9.53 Å². The Morgan fingerprint density at radius 3 is 2.65 bits per heavy atom. The first-order chi connectivity index (χ1) is 10.9. The molecule has 0 aromatic heterocycles. The van der Waals surface area contributed by atoms with Crippen LogP contribution in [0.4, 0.5) is 0 Å². The number of methoxy groups -OCH3 is 1. The van der Waals surface area contributed by atoms with Crippen LogP contribution in [0.25, 0.3) is 0 Å². The molecule has 7 heteroatoms. The fraction of sp³-hybridized carbons (Fsp3) is 0.500. The van der Waals surface area contributed by atoms with Gasteiger partial charge >= 0.3 is 5.97 Å². The van der Waals surface area contributed by atoms with Gasteiger partial charge in [0.1, 0.15) is 29.3 Å². The van der Waals surface area contributed by atoms with E-state index in [0.717, 1.165) is 0 Å². The second-order valence-corrected chi connectivity index (χ2v) is 5.52. The van der Waals surface area contributed by atoms with Gasteiger partial charge in [0.05, 0.1) is 13.2 Å². The molecule has 2 rings (SSSR count). The van der Waals surface area contributed by atoms with Gasteiger partial charge in [0.15, 0.2) is 5.78 Å². The number of rotatable bonds is 3. The molecule has 0 heterocycles. The van der Waals surface area contributed by atoms with Crippen molar-refractivity contribution >= 4 is 11.8 Å². The summed E-state index contributed by atoms with van der Waals surface area (Å²) in [6.07, 6.45) is -2.22. The van der Waals surface area contributed by atoms with E-state index in [1.54, 1.807) is 0 Å². The standard InChI is InChI=1S/C16H20O7/c1-22-9-5-6-11(13(18)7-9)16(21)23-10-3-2-4-12(17)15(20)14(19)8-10/h5-7,10,12,15,17-18,20H,2-4,8H2,1H3. The van der Waals surface area contributed by atoms with Crippen LogP contribution >= 0.6 is 0 Å². The van der Waals surface area contributed by atoms with Gasteiger partial charge in [0, 0.05) is 12.5 Å². The Kier molecular flexibility index (Phi) is 5.57. The number of ether oxygens (including phenoxy) is 2. The van der Waals surface area contributed by atoms with Gasteiger partial charge in [-0.2, -0.15) is 0 Å². The van der Waals surface area contributed by atoms with E-state index in [9.17, 15) is 24.9 Å². The van der Waals surface area contributed by atoms with E-state index in [4.69, 9.17) is 9.47 Å². The highest BCUT2D eigenvalue weighted by Crippen LogP contribution is 2.26. The van der Waals surface area contributed by atoms with Crippen LogP contribution in [0.2, 0.25) is 0 Å². The van der Waals surface area contributed by atoms with Crippen LogP contribution in [0, 0.1) is 0 Å². The van der Waals surface area contributed by atoms with E-state index in [1.807, 2.05) is 0 Å². The van der Waals surface area contributed by atoms with Crippen LogP contribution in [0.15, 0.2) is 18.2 Å². The van der Waals surface area contributed by atoms with Crippen molar-refractivity contribution in [1.29, 1.82) is 0 Å². The highest BCUT2D eigenvalue weighted by atomic mass is 16.5. The number of Topliss-reactive ketones (excluding diaryl/α,β-unsaturated/α-hetero) is 1. The van der Waals surface area contributed by atoms with E-state index in [0.29, 0.717) is 18.6 Å². The van der Waals surface area contributed by atoms with Crippen LogP contribution in [-0.4, -0.2) is 52.5 Å². The fourth-order valence-electron chi connectivity index (χ4n) is 2.50. The summed E-state index contributed by atoms with van der Waals surface area (Å²) in [7, 11) is 1.44. The SMILES string of the molecule is COc1ccc(C(=O)OC2CCCC(O)C(O)C(=O)C2)c(O)c1. The molecule has 1 aliphatic rings. The Bertz CT molecular complexity index is 584. The van der Waals surface area contributed by atoms with Crippen LogP contribution in [0.3, 0.4) is 0 Å². The Morgan fingerprint density at radius 2 is 2.00 bits per heavy atom. The Balaban J connectivity index is 2.05. The minimum Gasteiger partial charge on any atom is -0.507 e. The maximum Gasteiger partial charge on any atom is 0.342 e. The molecule has 3 N–H and O–H groups in total. The van der Waals surface area contributed by atoms with Gasteiger partial charge in [-0.1, -0.05) is 0 Å². The van der Waals surface area contributed by atoms with Gasteiger partial charge in [-0.3, -0.25) is 4.79 Å². The van der Waals surface area contributed by atoms with Gasteiger partial charge in [-0.05, 0) is 31.4 Å². The topological polar surface area (TPSA) is 113 Å². The molecule has 0 amide bonds. The van der Waals surface area contributed by atoms with Gasteiger partial charge in [-0.25, -0.2) is 4.79 Å². The van der Waals surface area contributed by atoms with E-state index in [1.165, 1.54) is 25.3 Å². The van der Waals surface area contributed by atoms with Gasteiger partial charge in [0.2, 0.25) is 0 Å². The first-order valence-corrected chi connectivity index (χ1v) is 7.39. The number of esters is 1. The molecule has 1 fully saturated rings. The highest BCUT2D eigenvalue weighted by Gasteiger charge is 2.31. The smallest absolute Gasteiger partial charge is 0.342 e. The van der Waals surface area contributed by atoms with Crippen LogP contribution in [0.5, 0.6) is 11.5 Å². The van der Waals surface area contributed by atoms with Crippen LogP contribution in [0.1, 0.15) is 36.0 Å². The zero-order chi connectivity index (χ0) is 17.0. The number of carbonyl (C=O) groups excluding carboxylic acids is 2. The number of aromatic hydroxyl groups is 1. The van der Waals surface area contributed by atoms with Crippen molar-refractivity contribution in [3.8, 4) is 11.5 Å². The lowest BCUT2D eigenvalue weighted by atomic mass is 9.93. The zero-order valence-corrected chi connectivity index (χ0v) is 12.8. The van der Waals surface area contributed by atoms with E-state index >= 15 is 0 Å². The number of benzene rings is 1. The molecule has 0 aliphatic heterocycles. The Hall–Kier alpha value is -2.12. The monoisotopic (exact) mass is 324 g/mol. The summed E-state index contributed by atoms with van der Waals surface area (Å²) >= 11 is 0. The predicted octanol–water partition coefficient (Wildman–Crippen LogP) is 0.791. The van der Waals surface area contributed by atoms with Crippen molar-refractivity contribution < 1.29 is 34.4 Å². The van der Waals surface area contributed by atoms with Gasteiger partial charge in [-0.15, -0.1) is 0 Å². The molecule has 1 aromatic rings. The molecule has 3 atom stereocenters. The minimum atomic E-state index is -1.45. The maximum atomic E-state index is 12.1. The fourth-order valence-corrected chi connectivity index (χ4v) is 2.50. The highest BCUT2D eigenvalue weighted by molar-refractivity contribution is 5.93. The van der Waals surface area contributed by atoms with Crippen molar-refractivity contribution in [1.82, 2.24) is 0 Å². The van der Waals surface area contributed by atoms with Crippen molar-refractivity contribution in [3.05, 3.63) is 23.8 Å². The van der Waals surface area contributed by atoms with Crippen LogP contribution < -0.4 is 4.74 Å². The predicted molar refractivity (Wildman–Crippen MR) is 79.4 cm³/mol. The number of hydrogen-bond donors (Lipinski definition) is 3. The quantitative estimate of drug-likeness (QED) is 0.704. The summed E-state index contributed by atoms with van der Waals surface area (Å²) in [5, 5.41) is 29.0. The molecule has 1 saturated carbocycles. The molecule has 7 nitrogen and oxygen atoms in total. The summed E-state index contributed by atoms with van der Waals surface area (Å²) < 4.78 is 10.2. The number of hydrogen-bond acceptors (Lipinski definition) is 7. The van der Waals surface area contributed by atoms with Crippen molar-refractivity contribution in [2.45, 2.75) is 44.0 Å². The van der Waals surface area contributed by atoms with Gasteiger partial charge < -0.3 is 24.8 Å². The Morgan fingerprint density at radius 1 is 1.26 bits per heavy atom. The molecule has 0 radical (unpaired) electrons. The maximum absolute atomic E-state index is 12.1. The molecule has 1 aliphatic carbocycles.